The molecule has 0 saturated carbocycles. The third-order valence-corrected chi connectivity index (χ3v) is 2.29. The normalized spacial score (nSPS) is 14.7. The van der Waals surface area contributed by atoms with Crippen molar-refractivity contribution in [3.63, 3.8) is 0 Å². The smallest absolute Gasteiger partial charge is 0.220 e. The van der Waals surface area contributed by atoms with E-state index >= 15 is 0 Å². The number of hydrogen-bond acceptors (Lipinski definition) is 3. The average Bonchev–Trinajstić information content (AvgIpc) is 2.16. The van der Waals surface area contributed by atoms with Gasteiger partial charge in [-0.1, -0.05) is 20.3 Å². The van der Waals surface area contributed by atoms with Crippen LogP contribution in [0.4, 0.5) is 0 Å². The highest BCUT2D eigenvalue weighted by Crippen LogP contribution is 2.04. The Bertz CT molecular complexity index is 172. The average molecular weight is 216 g/mol. The predicted molar refractivity (Wildman–Crippen MR) is 61.6 cm³/mol. The van der Waals surface area contributed by atoms with Crippen molar-refractivity contribution < 1.29 is 9.90 Å². The molecule has 0 spiro atoms. The molecule has 2 atom stereocenters. The van der Waals surface area contributed by atoms with Crippen LogP contribution in [0.2, 0.25) is 0 Å². The van der Waals surface area contributed by atoms with E-state index in [2.05, 4.69) is 24.5 Å². The SMILES string of the molecule is CCC(C)CC(=O)NCCNCC(C)O. The van der Waals surface area contributed by atoms with Gasteiger partial charge in [0, 0.05) is 26.1 Å². The largest absolute Gasteiger partial charge is 0.392 e. The highest BCUT2D eigenvalue weighted by atomic mass is 16.3. The summed E-state index contributed by atoms with van der Waals surface area (Å²) in [5.74, 6) is 0.568. The van der Waals surface area contributed by atoms with E-state index in [1.807, 2.05) is 0 Å². The molecule has 0 aliphatic rings. The molecule has 3 N–H and O–H groups in total. The van der Waals surface area contributed by atoms with Gasteiger partial charge in [0.1, 0.15) is 0 Å². The molecule has 4 heteroatoms. The zero-order chi connectivity index (χ0) is 11.7. The van der Waals surface area contributed by atoms with Crippen LogP contribution in [-0.2, 0) is 4.79 Å². The van der Waals surface area contributed by atoms with Crippen molar-refractivity contribution in [2.24, 2.45) is 5.92 Å². The van der Waals surface area contributed by atoms with Gasteiger partial charge in [-0.2, -0.15) is 0 Å². The molecule has 0 aromatic rings. The first-order chi connectivity index (χ1) is 7.06. The van der Waals surface area contributed by atoms with Crippen molar-refractivity contribution in [2.45, 2.75) is 39.7 Å². The van der Waals surface area contributed by atoms with Crippen LogP contribution < -0.4 is 10.6 Å². The van der Waals surface area contributed by atoms with Gasteiger partial charge < -0.3 is 15.7 Å². The lowest BCUT2D eigenvalue weighted by Crippen LogP contribution is -2.34. The van der Waals surface area contributed by atoms with Crippen LogP contribution in [0.1, 0.15) is 33.6 Å². The number of amides is 1. The Balaban J connectivity index is 3.31. The maximum atomic E-state index is 11.3. The molecule has 2 unspecified atom stereocenters. The van der Waals surface area contributed by atoms with Crippen LogP contribution in [0, 0.1) is 5.92 Å². The van der Waals surface area contributed by atoms with Crippen molar-refractivity contribution in [2.75, 3.05) is 19.6 Å². The van der Waals surface area contributed by atoms with E-state index in [0.717, 1.165) is 6.42 Å². The Morgan fingerprint density at radius 1 is 1.33 bits per heavy atom. The zero-order valence-corrected chi connectivity index (χ0v) is 10.0. The molecule has 0 bridgehead atoms. The summed E-state index contributed by atoms with van der Waals surface area (Å²) in [5.41, 5.74) is 0. The molecule has 4 nitrogen and oxygen atoms in total. The Morgan fingerprint density at radius 3 is 2.53 bits per heavy atom. The molecule has 0 radical (unpaired) electrons. The van der Waals surface area contributed by atoms with Gasteiger partial charge in [0.2, 0.25) is 5.91 Å². The summed E-state index contributed by atoms with van der Waals surface area (Å²) in [7, 11) is 0. The molecule has 1 amide bonds. The van der Waals surface area contributed by atoms with Crippen molar-refractivity contribution in [1.82, 2.24) is 10.6 Å². The summed E-state index contributed by atoms with van der Waals surface area (Å²) in [4.78, 5) is 11.3. The van der Waals surface area contributed by atoms with Gasteiger partial charge in [-0.25, -0.2) is 0 Å². The quantitative estimate of drug-likeness (QED) is 0.518. The fraction of sp³-hybridized carbons (Fsp3) is 0.909. The standard InChI is InChI=1S/C11H24N2O2/c1-4-9(2)7-11(15)13-6-5-12-8-10(3)14/h9-10,12,14H,4-8H2,1-3H3,(H,13,15). The number of carbonyl (C=O) groups is 1. The predicted octanol–water partition coefficient (Wildman–Crippen LogP) is 0.509. The number of aliphatic hydroxyl groups is 1. The third-order valence-electron chi connectivity index (χ3n) is 2.29. The van der Waals surface area contributed by atoms with Crippen LogP contribution in [0.15, 0.2) is 0 Å². The molecule has 0 fully saturated rings. The number of rotatable bonds is 8. The molecule has 0 aliphatic carbocycles. The highest BCUT2D eigenvalue weighted by Gasteiger charge is 2.05. The van der Waals surface area contributed by atoms with E-state index < -0.39 is 0 Å². The molecule has 0 heterocycles. The molecule has 0 aliphatic heterocycles. The third kappa shape index (κ3) is 9.69. The lowest BCUT2D eigenvalue weighted by Gasteiger charge is -2.10. The van der Waals surface area contributed by atoms with Gasteiger partial charge in [-0.15, -0.1) is 0 Å². The zero-order valence-electron chi connectivity index (χ0n) is 10.0. The van der Waals surface area contributed by atoms with E-state index in [1.165, 1.54) is 0 Å². The van der Waals surface area contributed by atoms with Gasteiger partial charge in [0.25, 0.3) is 0 Å². The Labute approximate surface area is 92.4 Å². The van der Waals surface area contributed by atoms with Crippen molar-refractivity contribution in [1.29, 1.82) is 0 Å². The molecule has 0 saturated heterocycles. The van der Waals surface area contributed by atoms with Crippen LogP contribution >= 0.6 is 0 Å². The van der Waals surface area contributed by atoms with E-state index in [1.54, 1.807) is 6.92 Å². The number of carbonyl (C=O) groups excluding carboxylic acids is 1. The maximum absolute atomic E-state index is 11.3. The molecular weight excluding hydrogens is 192 g/mol. The maximum Gasteiger partial charge on any atom is 0.220 e. The summed E-state index contributed by atoms with van der Waals surface area (Å²) in [6.45, 7) is 7.79. The molecule has 0 aromatic heterocycles. The summed E-state index contributed by atoms with van der Waals surface area (Å²) >= 11 is 0. The second-order valence-corrected chi connectivity index (χ2v) is 4.12. The Kier molecular flexibility index (Phi) is 8.33. The van der Waals surface area contributed by atoms with Crippen molar-refractivity contribution >= 4 is 5.91 Å². The van der Waals surface area contributed by atoms with Crippen LogP contribution in [-0.4, -0.2) is 36.8 Å². The van der Waals surface area contributed by atoms with Crippen LogP contribution in [0.25, 0.3) is 0 Å². The fourth-order valence-corrected chi connectivity index (χ4v) is 1.13. The summed E-state index contributed by atoms with van der Waals surface area (Å²) in [6, 6.07) is 0. The van der Waals surface area contributed by atoms with Crippen LogP contribution in [0.5, 0.6) is 0 Å². The first-order valence-electron chi connectivity index (χ1n) is 5.71. The first kappa shape index (κ1) is 14.4. The van der Waals surface area contributed by atoms with Crippen LogP contribution in [0.3, 0.4) is 0 Å². The van der Waals surface area contributed by atoms with E-state index in [9.17, 15) is 4.79 Å². The van der Waals surface area contributed by atoms with Gasteiger partial charge in [-0.05, 0) is 12.8 Å². The molecule has 90 valence electrons. The number of hydrogen-bond donors (Lipinski definition) is 3. The minimum atomic E-state index is -0.333. The van der Waals surface area contributed by atoms with E-state index in [0.29, 0.717) is 32.0 Å². The lowest BCUT2D eigenvalue weighted by molar-refractivity contribution is -0.121. The van der Waals surface area contributed by atoms with Gasteiger partial charge in [0.05, 0.1) is 6.10 Å². The van der Waals surface area contributed by atoms with Gasteiger partial charge in [0.15, 0.2) is 0 Å². The molecule has 0 rings (SSSR count). The second kappa shape index (κ2) is 8.68. The van der Waals surface area contributed by atoms with E-state index in [-0.39, 0.29) is 12.0 Å². The summed E-state index contributed by atoms with van der Waals surface area (Å²) < 4.78 is 0. The van der Waals surface area contributed by atoms with Crippen molar-refractivity contribution in [3.05, 3.63) is 0 Å². The van der Waals surface area contributed by atoms with Gasteiger partial charge in [-0.3, -0.25) is 4.79 Å². The summed E-state index contributed by atoms with van der Waals surface area (Å²) in [5, 5.41) is 14.8. The second-order valence-electron chi connectivity index (χ2n) is 4.12. The monoisotopic (exact) mass is 216 g/mol. The summed E-state index contributed by atoms with van der Waals surface area (Å²) in [6.07, 6.45) is 1.31. The van der Waals surface area contributed by atoms with Gasteiger partial charge >= 0.3 is 0 Å². The minimum absolute atomic E-state index is 0.114. The minimum Gasteiger partial charge on any atom is -0.392 e. The Morgan fingerprint density at radius 2 is 2.00 bits per heavy atom. The number of aliphatic hydroxyl groups excluding tert-OH is 1. The number of nitrogens with one attached hydrogen (secondary N) is 2. The Hall–Kier alpha value is -0.610. The lowest BCUT2D eigenvalue weighted by atomic mass is 10.1. The topological polar surface area (TPSA) is 61.4 Å². The fourth-order valence-electron chi connectivity index (χ4n) is 1.13. The molecular formula is C11H24N2O2. The molecule has 0 aromatic carbocycles. The van der Waals surface area contributed by atoms with Crippen molar-refractivity contribution in [3.8, 4) is 0 Å². The van der Waals surface area contributed by atoms with E-state index in [4.69, 9.17) is 5.11 Å². The highest BCUT2D eigenvalue weighted by molar-refractivity contribution is 5.76. The molecule has 15 heavy (non-hydrogen) atoms. The first-order valence-corrected chi connectivity index (χ1v) is 5.71.